The first kappa shape index (κ1) is 20.3. The molecule has 1 aliphatic heterocycles. The number of hydrogen-bond acceptors (Lipinski definition) is 3. The molecule has 1 saturated carbocycles. The van der Waals surface area contributed by atoms with Crippen molar-refractivity contribution in [3.8, 4) is 5.75 Å². The number of phenolic OH excluding ortho intramolecular Hbond substituents is 1. The zero-order valence-corrected chi connectivity index (χ0v) is 18.7. The number of anilines is 1. The van der Waals surface area contributed by atoms with E-state index >= 15 is 0 Å². The number of halogens is 1. The van der Waals surface area contributed by atoms with Gasteiger partial charge in [0.25, 0.3) is 0 Å². The molecule has 5 rings (SSSR count). The highest BCUT2D eigenvalue weighted by molar-refractivity contribution is 7.80. The van der Waals surface area contributed by atoms with Crippen LogP contribution in [0.25, 0.3) is 0 Å². The monoisotopic (exact) mass is 452 g/mol. The molecule has 2 N–H and O–H groups in total. The Morgan fingerprint density at radius 2 is 1.94 bits per heavy atom. The van der Waals surface area contributed by atoms with E-state index in [2.05, 4.69) is 33.3 Å². The summed E-state index contributed by atoms with van der Waals surface area (Å²) < 4.78 is 2.35. The lowest BCUT2D eigenvalue weighted by atomic mass is 9.95. The average molecular weight is 453 g/mol. The van der Waals surface area contributed by atoms with E-state index in [1.54, 1.807) is 24.4 Å². The van der Waals surface area contributed by atoms with Gasteiger partial charge in [-0.15, -0.1) is 0 Å². The third-order valence-corrected chi connectivity index (χ3v) is 6.92. The zero-order valence-electron chi connectivity index (χ0n) is 17.1. The quantitative estimate of drug-likeness (QED) is 0.481. The summed E-state index contributed by atoms with van der Waals surface area (Å²) in [5.41, 5.74) is 2.64. The number of aromatic hydroxyl groups is 1. The Kier molecular flexibility index (Phi) is 5.59. The van der Waals surface area contributed by atoms with Crippen molar-refractivity contribution in [2.24, 2.45) is 0 Å². The second kappa shape index (κ2) is 8.52. The van der Waals surface area contributed by atoms with Crippen LogP contribution < -0.4 is 10.2 Å². The largest absolute Gasteiger partial charge is 0.506 e. The molecule has 2 atom stereocenters. The molecule has 2 aliphatic rings. The van der Waals surface area contributed by atoms with Crippen molar-refractivity contribution in [1.29, 1.82) is 0 Å². The van der Waals surface area contributed by atoms with Crippen LogP contribution in [0.3, 0.4) is 0 Å². The van der Waals surface area contributed by atoms with Gasteiger partial charge in [-0.2, -0.15) is 0 Å². The van der Waals surface area contributed by atoms with Crippen LogP contribution >= 0.6 is 23.8 Å². The van der Waals surface area contributed by atoms with Crippen molar-refractivity contribution in [2.45, 2.75) is 50.2 Å². The van der Waals surface area contributed by atoms with Gasteiger partial charge < -0.3 is 19.9 Å². The predicted molar refractivity (Wildman–Crippen MR) is 128 cm³/mol. The molecule has 31 heavy (non-hydrogen) atoms. The van der Waals surface area contributed by atoms with Gasteiger partial charge in [-0.1, -0.05) is 36.9 Å². The lowest BCUT2D eigenvalue weighted by Crippen LogP contribution is -2.29. The van der Waals surface area contributed by atoms with Crippen molar-refractivity contribution in [3.05, 3.63) is 77.3 Å². The summed E-state index contributed by atoms with van der Waals surface area (Å²) in [5.74, 6) is 0.145. The highest BCUT2D eigenvalue weighted by Crippen LogP contribution is 2.45. The minimum atomic E-state index is -0.156. The van der Waals surface area contributed by atoms with Gasteiger partial charge in [0, 0.05) is 29.7 Å². The Morgan fingerprint density at radius 1 is 1.10 bits per heavy atom. The van der Waals surface area contributed by atoms with Crippen molar-refractivity contribution >= 4 is 34.6 Å². The summed E-state index contributed by atoms with van der Waals surface area (Å²) in [4.78, 5) is 6.56. The number of nitrogens with zero attached hydrogens (tertiary/aromatic N) is 3. The van der Waals surface area contributed by atoms with Gasteiger partial charge in [-0.3, -0.25) is 4.98 Å². The summed E-state index contributed by atoms with van der Waals surface area (Å²) in [6.07, 6.45) is 12.5. The van der Waals surface area contributed by atoms with Gasteiger partial charge >= 0.3 is 0 Å². The fraction of sp³-hybridized carbons (Fsp3) is 0.333. The standard InChI is InChI=1S/C24H25ClN4OS/c25-17-9-10-21(30)20(14-17)29-23(22(27-24(29)31)19-8-4-5-12-26-19)16-11-13-28(15-16)18-6-2-1-3-7-18/h4-5,8-15,18,22-23,30H,1-3,6-7H2,(H,27,31)/t22-,23-/m0/s1. The van der Waals surface area contributed by atoms with E-state index in [0.29, 0.717) is 21.9 Å². The zero-order chi connectivity index (χ0) is 21.4. The third kappa shape index (κ3) is 3.90. The second-order valence-electron chi connectivity index (χ2n) is 8.31. The molecule has 1 aliphatic carbocycles. The fourth-order valence-electron chi connectivity index (χ4n) is 4.85. The number of rotatable bonds is 4. The van der Waals surface area contributed by atoms with Crippen LogP contribution in [0, 0.1) is 0 Å². The fourth-order valence-corrected chi connectivity index (χ4v) is 5.36. The number of thiocarbonyl (C=S) groups is 1. The maximum Gasteiger partial charge on any atom is 0.174 e. The van der Waals surface area contributed by atoms with E-state index in [1.807, 2.05) is 23.1 Å². The molecule has 2 aromatic heterocycles. The Balaban J connectivity index is 1.58. The van der Waals surface area contributed by atoms with Crippen LogP contribution in [-0.2, 0) is 0 Å². The number of benzene rings is 1. The van der Waals surface area contributed by atoms with E-state index in [1.165, 1.54) is 32.1 Å². The summed E-state index contributed by atoms with van der Waals surface area (Å²) in [6.45, 7) is 0. The molecule has 3 aromatic rings. The Hall–Kier alpha value is -2.57. The van der Waals surface area contributed by atoms with Crippen LogP contribution in [0.4, 0.5) is 5.69 Å². The van der Waals surface area contributed by atoms with Crippen LogP contribution in [-0.4, -0.2) is 19.8 Å². The molecular formula is C24H25ClN4OS. The second-order valence-corrected chi connectivity index (χ2v) is 9.14. The van der Waals surface area contributed by atoms with Gasteiger partial charge in [0.15, 0.2) is 5.11 Å². The number of phenols is 1. The predicted octanol–water partition coefficient (Wildman–Crippen LogP) is 5.92. The van der Waals surface area contributed by atoms with Crippen LogP contribution in [0.1, 0.15) is 61.5 Å². The number of pyridine rings is 1. The van der Waals surface area contributed by atoms with Crippen molar-refractivity contribution < 1.29 is 5.11 Å². The average Bonchev–Trinajstić information content (AvgIpc) is 3.41. The molecular weight excluding hydrogens is 428 g/mol. The van der Waals surface area contributed by atoms with E-state index < -0.39 is 0 Å². The minimum absolute atomic E-state index is 0.144. The maximum atomic E-state index is 10.6. The van der Waals surface area contributed by atoms with Gasteiger partial charge in [-0.25, -0.2) is 0 Å². The molecule has 0 spiro atoms. The lowest BCUT2D eigenvalue weighted by Gasteiger charge is -2.28. The SMILES string of the molecule is Oc1ccc(Cl)cc1N1C(=S)N[C@@H](c2ccccn2)[C@@H]1c1ccn(C2CCCCC2)c1. The molecule has 0 amide bonds. The number of nitrogens with one attached hydrogen (secondary N) is 1. The first-order valence-corrected chi connectivity index (χ1v) is 11.6. The molecule has 0 radical (unpaired) electrons. The molecule has 0 bridgehead atoms. The smallest absolute Gasteiger partial charge is 0.174 e. The van der Waals surface area contributed by atoms with Crippen molar-refractivity contribution in [2.75, 3.05) is 4.90 Å². The first-order chi connectivity index (χ1) is 15.1. The molecule has 1 aromatic carbocycles. The van der Waals surface area contributed by atoms with Gasteiger partial charge in [0.2, 0.25) is 0 Å². The van der Waals surface area contributed by atoms with Gasteiger partial charge in [0.1, 0.15) is 5.75 Å². The highest BCUT2D eigenvalue weighted by atomic mass is 35.5. The van der Waals surface area contributed by atoms with E-state index in [-0.39, 0.29) is 17.8 Å². The first-order valence-electron chi connectivity index (χ1n) is 10.8. The Morgan fingerprint density at radius 3 is 2.71 bits per heavy atom. The molecule has 160 valence electrons. The molecule has 3 heterocycles. The number of hydrogen-bond donors (Lipinski definition) is 2. The van der Waals surface area contributed by atoms with Gasteiger partial charge in [0.05, 0.1) is 23.5 Å². The summed E-state index contributed by atoms with van der Waals surface area (Å²) >= 11 is 12.0. The van der Waals surface area contributed by atoms with Crippen LogP contribution in [0.2, 0.25) is 5.02 Å². The summed E-state index contributed by atoms with van der Waals surface area (Å²) in [5, 5.41) is 15.2. The van der Waals surface area contributed by atoms with E-state index in [0.717, 1.165) is 11.3 Å². The molecule has 1 saturated heterocycles. The topological polar surface area (TPSA) is 53.3 Å². The van der Waals surface area contributed by atoms with Crippen molar-refractivity contribution in [3.63, 3.8) is 0 Å². The van der Waals surface area contributed by atoms with Crippen molar-refractivity contribution in [1.82, 2.24) is 14.9 Å². The molecule has 2 fully saturated rings. The maximum absolute atomic E-state index is 10.6. The van der Waals surface area contributed by atoms with Crippen LogP contribution in [0.15, 0.2) is 61.1 Å². The minimum Gasteiger partial charge on any atom is -0.506 e. The summed E-state index contributed by atoms with van der Waals surface area (Å²) in [7, 11) is 0. The Labute approximate surface area is 192 Å². The molecule has 5 nitrogen and oxygen atoms in total. The summed E-state index contributed by atoms with van der Waals surface area (Å²) in [6, 6.07) is 13.4. The molecule has 0 unspecified atom stereocenters. The normalized spacial score (nSPS) is 22.0. The highest BCUT2D eigenvalue weighted by Gasteiger charge is 2.42. The van der Waals surface area contributed by atoms with Crippen LogP contribution in [0.5, 0.6) is 5.75 Å². The third-order valence-electron chi connectivity index (χ3n) is 6.37. The lowest BCUT2D eigenvalue weighted by molar-refractivity contribution is 0.353. The van der Waals surface area contributed by atoms with Gasteiger partial charge in [-0.05, 0) is 67.0 Å². The van der Waals surface area contributed by atoms with E-state index in [9.17, 15) is 5.11 Å². The number of aromatic nitrogens is 2. The molecule has 7 heteroatoms. The van der Waals surface area contributed by atoms with E-state index in [4.69, 9.17) is 23.8 Å². The Bertz CT molecular complexity index is 1080.